The van der Waals surface area contributed by atoms with Crippen LogP contribution in [-0.2, 0) is 11.3 Å². The van der Waals surface area contributed by atoms with E-state index in [0.29, 0.717) is 24.4 Å². The molecule has 22 heavy (non-hydrogen) atoms. The number of amides is 1. The molecular weight excluding hydrogens is 298 g/mol. The maximum Gasteiger partial charge on any atom is 0.273 e. The van der Waals surface area contributed by atoms with Crippen LogP contribution < -0.4 is 0 Å². The van der Waals surface area contributed by atoms with E-state index in [2.05, 4.69) is 21.7 Å². The number of thiazole rings is 1. The monoisotopic (exact) mass is 323 g/mol. The maximum absolute atomic E-state index is 12.8. The van der Waals surface area contributed by atoms with Crippen LogP contribution in [-0.4, -0.2) is 59.5 Å². The Labute approximate surface area is 136 Å². The van der Waals surface area contributed by atoms with Gasteiger partial charge in [0.25, 0.3) is 5.91 Å². The van der Waals surface area contributed by atoms with Crippen LogP contribution in [0.2, 0.25) is 0 Å². The first-order valence-corrected chi connectivity index (χ1v) is 9.11. The molecule has 0 bridgehead atoms. The van der Waals surface area contributed by atoms with Gasteiger partial charge in [-0.05, 0) is 38.8 Å². The lowest BCUT2D eigenvalue weighted by Gasteiger charge is -2.34. The summed E-state index contributed by atoms with van der Waals surface area (Å²) in [6.07, 6.45) is 4.71. The van der Waals surface area contributed by atoms with Crippen LogP contribution in [0.1, 0.15) is 48.1 Å². The van der Waals surface area contributed by atoms with Crippen molar-refractivity contribution in [1.29, 1.82) is 0 Å². The fourth-order valence-electron chi connectivity index (χ4n) is 3.87. The molecule has 0 spiro atoms. The van der Waals surface area contributed by atoms with E-state index in [1.54, 1.807) is 7.11 Å². The molecule has 0 aliphatic carbocycles. The topological polar surface area (TPSA) is 45.7 Å². The SMILES string of the molecule is CCN1CCC[C@@H]1[C@@H]1CCCN1C(=O)c1csc(COC)n1. The van der Waals surface area contributed by atoms with Crippen molar-refractivity contribution in [2.24, 2.45) is 0 Å². The zero-order valence-electron chi connectivity index (χ0n) is 13.5. The zero-order valence-corrected chi connectivity index (χ0v) is 14.3. The average molecular weight is 323 g/mol. The molecule has 2 aliphatic heterocycles. The summed E-state index contributed by atoms with van der Waals surface area (Å²) in [6.45, 7) is 5.82. The van der Waals surface area contributed by atoms with E-state index in [9.17, 15) is 4.79 Å². The third-order valence-electron chi connectivity index (χ3n) is 4.86. The molecule has 2 atom stereocenters. The second-order valence-electron chi connectivity index (χ2n) is 6.11. The number of hydrogen-bond acceptors (Lipinski definition) is 5. The first-order chi connectivity index (χ1) is 10.7. The van der Waals surface area contributed by atoms with E-state index in [4.69, 9.17) is 4.74 Å². The van der Waals surface area contributed by atoms with Gasteiger partial charge in [0, 0.05) is 31.1 Å². The van der Waals surface area contributed by atoms with Gasteiger partial charge in [-0.2, -0.15) is 0 Å². The van der Waals surface area contributed by atoms with E-state index in [-0.39, 0.29) is 5.91 Å². The maximum atomic E-state index is 12.8. The highest BCUT2D eigenvalue weighted by Crippen LogP contribution is 2.31. The van der Waals surface area contributed by atoms with Crippen molar-refractivity contribution in [3.8, 4) is 0 Å². The number of likely N-dealkylation sites (tertiary alicyclic amines) is 2. The van der Waals surface area contributed by atoms with Gasteiger partial charge < -0.3 is 9.64 Å². The van der Waals surface area contributed by atoms with Gasteiger partial charge in [0.05, 0.1) is 6.61 Å². The molecule has 2 saturated heterocycles. The molecular formula is C16H25N3O2S. The summed E-state index contributed by atoms with van der Waals surface area (Å²) in [7, 11) is 1.65. The lowest BCUT2D eigenvalue weighted by Crippen LogP contribution is -2.48. The molecule has 1 aromatic rings. The summed E-state index contributed by atoms with van der Waals surface area (Å²) in [5.74, 6) is 0.101. The van der Waals surface area contributed by atoms with Crippen LogP contribution in [0.15, 0.2) is 5.38 Å². The Hall–Kier alpha value is -0.980. The first-order valence-electron chi connectivity index (χ1n) is 8.23. The Morgan fingerprint density at radius 2 is 2.14 bits per heavy atom. The van der Waals surface area contributed by atoms with E-state index in [1.165, 1.54) is 30.7 Å². The minimum Gasteiger partial charge on any atom is -0.378 e. The van der Waals surface area contributed by atoms with Gasteiger partial charge in [-0.1, -0.05) is 6.92 Å². The van der Waals surface area contributed by atoms with E-state index in [1.807, 2.05) is 5.38 Å². The molecule has 2 fully saturated rings. The number of nitrogens with zero attached hydrogens (tertiary/aromatic N) is 3. The number of hydrogen-bond donors (Lipinski definition) is 0. The predicted octanol–water partition coefficient (Wildman–Crippen LogP) is 2.38. The summed E-state index contributed by atoms with van der Waals surface area (Å²) < 4.78 is 5.09. The fourth-order valence-corrected chi connectivity index (χ4v) is 4.61. The predicted molar refractivity (Wildman–Crippen MR) is 87.2 cm³/mol. The van der Waals surface area contributed by atoms with Gasteiger partial charge in [0.1, 0.15) is 10.7 Å². The van der Waals surface area contributed by atoms with Gasteiger partial charge in [0.2, 0.25) is 0 Å². The Morgan fingerprint density at radius 1 is 1.36 bits per heavy atom. The molecule has 2 aliphatic rings. The van der Waals surface area contributed by atoms with Gasteiger partial charge in [-0.15, -0.1) is 11.3 Å². The van der Waals surface area contributed by atoms with Gasteiger partial charge in [-0.25, -0.2) is 4.98 Å². The number of rotatable bonds is 5. The second kappa shape index (κ2) is 7.06. The molecule has 3 rings (SSSR count). The summed E-state index contributed by atoms with van der Waals surface area (Å²) in [6, 6.07) is 0.899. The number of likely N-dealkylation sites (N-methyl/N-ethyl adjacent to an activating group) is 1. The third-order valence-corrected chi connectivity index (χ3v) is 5.69. The Balaban J connectivity index is 1.73. The van der Waals surface area contributed by atoms with Crippen molar-refractivity contribution in [2.45, 2.75) is 51.3 Å². The minimum absolute atomic E-state index is 0.101. The van der Waals surface area contributed by atoms with Crippen molar-refractivity contribution in [3.05, 3.63) is 16.1 Å². The summed E-state index contributed by atoms with van der Waals surface area (Å²) in [5.41, 5.74) is 0.588. The normalized spacial score (nSPS) is 26.0. The van der Waals surface area contributed by atoms with Crippen molar-refractivity contribution in [3.63, 3.8) is 0 Å². The Morgan fingerprint density at radius 3 is 2.91 bits per heavy atom. The molecule has 0 aromatic carbocycles. The number of ether oxygens (including phenoxy) is 1. The van der Waals surface area contributed by atoms with Crippen molar-refractivity contribution >= 4 is 17.2 Å². The van der Waals surface area contributed by atoms with Crippen LogP contribution in [0.3, 0.4) is 0 Å². The average Bonchev–Trinajstić information content (AvgIpc) is 3.25. The molecule has 0 radical (unpaired) electrons. The molecule has 1 aromatic heterocycles. The van der Waals surface area contributed by atoms with Crippen LogP contribution in [0.5, 0.6) is 0 Å². The molecule has 3 heterocycles. The summed E-state index contributed by atoms with van der Waals surface area (Å²) in [4.78, 5) is 21.9. The van der Waals surface area contributed by atoms with Gasteiger partial charge in [-0.3, -0.25) is 9.69 Å². The minimum atomic E-state index is 0.101. The van der Waals surface area contributed by atoms with Gasteiger partial charge in [0.15, 0.2) is 0 Å². The first kappa shape index (κ1) is 15.9. The summed E-state index contributed by atoms with van der Waals surface area (Å²) in [5, 5.41) is 2.75. The van der Waals surface area contributed by atoms with Crippen molar-refractivity contribution < 1.29 is 9.53 Å². The zero-order chi connectivity index (χ0) is 15.5. The smallest absolute Gasteiger partial charge is 0.273 e. The van der Waals surface area contributed by atoms with Crippen LogP contribution in [0.4, 0.5) is 0 Å². The van der Waals surface area contributed by atoms with E-state index >= 15 is 0 Å². The largest absolute Gasteiger partial charge is 0.378 e. The molecule has 0 N–H and O–H groups in total. The highest BCUT2D eigenvalue weighted by atomic mass is 32.1. The lowest BCUT2D eigenvalue weighted by molar-refractivity contribution is 0.0644. The number of carbonyl (C=O) groups is 1. The van der Waals surface area contributed by atoms with Gasteiger partial charge >= 0.3 is 0 Å². The highest BCUT2D eigenvalue weighted by molar-refractivity contribution is 7.09. The van der Waals surface area contributed by atoms with Crippen LogP contribution >= 0.6 is 11.3 Å². The molecule has 122 valence electrons. The standard InChI is InChI=1S/C16H25N3O2S/c1-3-18-8-4-6-13(18)14-7-5-9-19(14)16(20)12-11-22-15(17-12)10-21-2/h11,13-14H,3-10H2,1-2H3/t13-,14+/m1/s1. The number of aromatic nitrogens is 1. The lowest BCUT2D eigenvalue weighted by atomic mass is 10.0. The van der Waals surface area contributed by atoms with Crippen LogP contribution in [0.25, 0.3) is 0 Å². The highest BCUT2D eigenvalue weighted by Gasteiger charge is 2.39. The molecule has 0 saturated carbocycles. The van der Waals surface area contributed by atoms with Crippen molar-refractivity contribution in [1.82, 2.24) is 14.8 Å². The molecule has 1 amide bonds. The number of methoxy groups -OCH3 is 1. The molecule has 5 nitrogen and oxygen atoms in total. The van der Waals surface area contributed by atoms with E-state index < -0.39 is 0 Å². The number of carbonyl (C=O) groups excluding carboxylic acids is 1. The molecule has 6 heteroatoms. The quantitative estimate of drug-likeness (QED) is 0.834. The Bertz CT molecular complexity index is 519. The Kier molecular flexibility index (Phi) is 5.10. The second-order valence-corrected chi connectivity index (χ2v) is 7.05. The van der Waals surface area contributed by atoms with Crippen molar-refractivity contribution in [2.75, 3.05) is 26.7 Å². The third kappa shape index (κ3) is 3.05. The summed E-state index contributed by atoms with van der Waals surface area (Å²) >= 11 is 1.51. The van der Waals surface area contributed by atoms with Crippen LogP contribution in [0, 0.1) is 0 Å². The fraction of sp³-hybridized carbons (Fsp3) is 0.750. The van der Waals surface area contributed by atoms with E-state index in [0.717, 1.165) is 30.9 Å². The molecule has 0 unspecified atom stereocenters.